The van der Waals surface area contributed by atoms with E-state index < -0.39 is 63.3 Å². The molecule has 3 fully saturated rings. The fraction of sp³-hybridized carbons (Fsp3) is 0.489. The Hall–Kier alpha value is -5.80. The van der Waals surface area contributed by atoms with Gasteiger partial charge in [-0.3, -0.25) is 39.6 Å². The van der Waals surface area contributed by atoms with E-state index in [-0.39, 0.29) is 36.9 Å². The maximum absolute atomic E-state index is 15.0. The fourth-order valence-electron chi connectivity index (χ4n) is 13.4. The van der Waals surface area contributed by atoms with Gasteiger partial charge in [0, 0.05) is 47.5 Å². The lowest BCUT2D eigenvalue weighted by molar-refractivity contribution is -0.145. The molecule has 3 aromatic rings. The third-order valence-electron chi connectivity index (χ3n) is 15.9. The molecule has 3 saturated heterocycles. The van der Waals surface area contributed by atoms with Crippen LogP contribution < -0.4 is 27.0 Å². The first kappa shape index (κ1) is 42.9. The summed E-state index contributed by atoms with van der Waals surface area (Å²) in [7, 11) is 0. The summed E-state index contributed by atoms with van der Waals surface area (Å²) in [5.74, 6) is -2.81. The van der Waals surface area contributed by atoms with Crippen LogP contribution in [-0.4, -0.2) is 92.6 Å². The van der Waals surface area contributed by atoms with Gasteiger partial charge >= 0.3 is 12.2 Å². The van der Waals surface area contributed by atoms with Crippen LogP contribution in [0.3, 0.4) is 0 Å². The van der Waals surface area contributed by atoms with Gasteiger partial charge in [0.25, 0.3) is 11.8 Å². The molecule has 9 atom stereocenters. The average Bonchev–Trinajstić information content (AvgIpc) is 3.94. The van der Waals surface area contributed by atoms with Crippen molar-refractivity contribution in [1.82, 2.24) is 20.4 Å². The number of rotatable bonds is 11. The normalized spacial score (nSPS) is 33.7. The molecule has 8 N–H and O–H groups in total. The van der Waals surface area contributed by atoms with Crippen LogP contribution in [0.5, 0.6) is 0 Å². The number of carboxylic acid groups (broad SMARTS) is 2. The average molecular weight is 848 g/mol. The number of hydrogen-bond donors (Lipinski definition) is 6. The fourth-order valence-corrected chi connectivity index (χ4v) is 13.4. The smallest absolute Gasteiger partial charge is 0.411 e. The number of benzene rings is 3. The van der Waals surface area contributed by atoms with E-state index in [1.807, 2.05) is 69.3 Å². The van der Waals surface area contributed by atoms with Gasteiger partial charge in [-0.1, -0.05) is 87.0 Å². The summed E-state index contributed by atoms with van der Waals surface area (Å²) in [6, 6.07) is 22.1. The lowest BCUT2D eigenvalue weighted by atomic mass is 9.56. The van der Waals surface area contributed by atoms with Crippen LogP contribution in [0.25, 0.3) is 0 Å². The lowest BCUT2D eigenvalue weighted by Gasteiger charge is -2.60. The summed E-state index contributed by atoms with van der Waals surface area (Å²) in [5.41, 5.74) is 9.97. The first-order chi connectivity index (χ1) is 29.3. The van der Waals surface area contributed by atoms with Crippen LogP contribution >= 0.6 is 0 Å². The van der Waals surface area contributed by atoms with E-state index in [1.165, 1.54) is 0 Å². The molecule has 6 amide bonds. The van der Waals surface area contributed by atoms with Crippen LogP contribution in [-0.2, 0) is 41.1 Å². The summed E-state index contributed by atoms with van der Waals surface area (Å²) in [5, 5.41) is 24.6. The third kappa shape index (κ3) is 5.83. The molecule has 3 aliphatic heterocycles. The van der Waals surface area contributed by atoms with Crippen LogP contribution in [0.4, 0.5) is 15.3 Å². The molecule has 328 valence electrons. The van der Waals surface area contributed by atoms with Crippen LogP contribution in [0.2, 0.25) is 0 Å². The Bertz CT molecular complexity index is 2340. The molecule has 15 heteroatoms. The quantitative estimate of drug-likeness (QED) is 0.157. The molecule has 4 aliphatic carbocycles. The number of carbonyl (C=O) groups is 6. The van der Waals surface area contributed by atoms with Crippen LogP contribution in [0.15, 0.2) is 72.8 Å². The van der Waals surface area contributed by atoms with Crippen LogP contribution in [0.1, 0.15) is 100 Å². The zero-order chi connectivity index (χ0) is 44.7. The second-order valence-corrected chi connectivity index (χ2v) is 18.9. The number of hydrogen-bond acceptors (Lipinski definition) is 9. The van der Waals surface area contributed by atoms with Gasteiger partial charge in [-0.05, 0) is 99.3 Å². The predicted molar refractivity (Wildman–Crippen MR) is 230 cm³/mol. The van der Waals surface area contributed by atoms with Gasteiger partial charge in [-0.15, -0.1) is 0 Å². The molecule has 7 aliphatic rings. The molecular formula is C47H57N7O8. The topological polar surface area (TPSA) is 229 Å². The number of carbonyl (C=O) groups excluding carboxylic acids is 4. The molecule has 0 spiro atoms. The van der Waals surface area contributed by atoms with Gasteiger partial charge in [0.2, 0.25) is 11.8 Å². The third-order valence-corrected chi connectivity index (χ3v) is 15.9. The van der Waals surface area contributed by atoms with Crippen molar-refractivity contribution >= 4 is 41.5 Å². The van der Waals surface area contributed by atoms with Gasteiger partial charge in [-0.2, -0.15) is 0 Å². The maximum atomic E-state index is 15.0. The zero-order valence-electron chi connectivity index (χ0n) is 35.9. The monoisotopic (exact) mass is 847 g/mol. The molecule has 10 rings (SSSR count). The van der Waals surface area contributed by atoms with E-state index in [9.17, 15) is 39.0 Å². The van der Waals surface area contributed by atoms with Crippen molar-refractivity contribution in [2.45, 2.75) is 125 Å². The van der Waals surface area contributed by atoms with Gasteiger partial charge in [0.1, 0.15) is 11.1 Å². The minimum Gasteiger partial charge on any atom is -0.465 e. The van der Waals surface area contributed by atoms with Crippen molar-refractivity contribution in [3.8, 4) is 0 Å². The molecule has 4 bridgehead atoms. The van der Waals surface area contributed by atoms with Crippen LogP contribution in [0, 0.1) is 12.8 Å². The maximum Gasteiger partial charge on any atom is 0.411 e. The van der Waals surface area contributed by atoms with E-state index in [1.54, 1.807) is 0 Å². The molecule has 0 aromatic heterocycles. The number of aryl methyl sites for hydroxylation is 1. The summed E-state index contributed by atoms with van der Waals surface area (Å²) in [6.45, 7) is 10.9. The van der Waals surface area contributed by atoms with E-state index in [0.717, 1.165) is 11.3 Å². The number of anilines is 1. The Morgan fingerprint density at radius 1 is 0.645 bits per heavy atom. The number of nitrogens with one attached hydrogen (secondary N) is 2. The zero-order valence-corrected chi connectivity index (χ0v) is 35.9. The molecule has 5 unspecified atom stereocenters. The largest absolute Gasteiger partial charge is 0.465 e. The van der Waals surface area contributed by atoms with Gasteiger partial charge in [0.05, 0.1) is 5.54 Å². The number of likely N-dealkylation sites (tertiary alicyclic amines) is 2. The molecule has 3 heterocycles. The molecule has 3 aromatic carbocycles. The van der Waals surface area contributed by atoms with Gasteiger partial charge in [0.15, 0.2) is 0 Å². The highest BCUT2D eigenvalue weighted by molar-refractivity contribution is 6.01. The molecule has 0 radical (unpaired) electrons. The van der Waals surface area contributed by atoms with Crippen molar-refractivity contribution in [2.24, 2.45) is 17.4 Å². The van der Waals surface area contributed by atoms with E-state index in [4.69, 9.17) is 11.5 Å². The first-order valence-corrected chi connectivity index (χ1v) is 21.6. The lowest BCUT2D eigenvalue weighted by Crippen LogP contribution is -2.74. The first-order valence-electron chi connectivity index (χ1n) is 21.6. The number of primary amides is 2. The molecule has 0 saturated carbocycles. The number of nitrogens with two attached hydrogens (primary N) is 2. The minimum absolute atomic E-state index is 0.0706. The summed E-state index contributed by atoms with van der Waals surface area (Å²) in [6.07, 6.45) is -0.126. The van der Waals surface area contributed by atoms with Crippen molar-refractivity contribution in [1.29, 1.82) is 0 Å². The standard InChI is InChI=1S/C47H57N7O8/c1-27-10-20-33(21-11-27)54-35(34-8-6-22-52(34)46(39(57)50-41(59)60)31-16-12-29(13-17-31)43(46,3)25-37(48)55)24-28(2)45(54,5)36-9-7-23-53(36)47(40(58)51-42(61)62)32-18-14-30(15-19-32)44(47,4)26-38(49)56/h10-21,28,34-36H,6-9,22-26H2,1-5H3,(H2,48,55)(H2,49,56)(H,50,57)(H,51,58)(H,59,60)(H,61,62)/t28?,34?,35-,36?,43?,44?,45-,46+,47+/m0/s1. The van der Waals surface area contributed by atoms with Gasteiger partial charge in [-0.25, -0.2) is 9.59 Å². The number of fused-ring (bicyclic) bond motifs is 6. The highest BCUT2D eigenvalue weighted by Gasteiger charge is 2.70. The van der Waals surface area contributed by atoms with Crippen molar-refractivity contribution < 1.29 is 39.0 Å². The Kier molecular flexibility index (Phi) is 10.3. The summed E-state index contributed by atoms with van der Waals surface area (Å²) < 4.78 is 0. The molecule has 15 nitrogen and oxygen atoms in total. The summed E-state index contributed by atoms with van der Waals surface area (Å²) >= 11 is 0. The Morgan fingerprint density at radius 3 is 1.55 bits per heavy atom. The molecular weight excluding hydrogens is 791 g/mol. The van der Waals surface area contributed by atoms with Gasteiger partial charge < -0.3 is 26.6 Å². The van der Waals surface area contributed by atoms with E-state index in [0.29, 0.717) is 67.4 Å². The highest BCUT2D eigenvalue weighted by Crippen LogP contribution is 2.60. The van der Waals surface area contributed by atoms with E-state index >= 15 is 0 Å². The highest BCUT2D eigenvalue weighted by atomic mass is 16.4. The number of imide groups is 2. The van der Waals surface area contributed by atoms with Crippen molar-refractivity contribution in [3.05, 3.63) is 101 Å². The Balaban J connectivity index is 1.31. The Labute approximate surface area is 361 Å². The number of nitrogens with zero attached hydrogens (tertiary/aromatic N) is 3. The number of amides is 6. The molecule has 62 heavy (non-hydrogen) atoms. The summed E-state index contributed by atoms with van der Waals surface area (Å²) in [4.78, 5) is 87.4. The second kappa shape index (κ2) is 14.9. The predicted octanol–water partition coefficient (Wildman–Crippen LogP) is 4.57. The second-order valence-electron chi connectivity index (χ2n) is 18.9. The van der Waals surface area contributed by atoms with Crippen molar-refractivity contribution in [2.75, 3.05) is 18.0 Å². The van der Waals surface area contributed by atoms with E-state index in [2.05, 4.69) is 63.4 Å². The SMILES string of the molecule is Cc1ccc(N2[C@H](C3CCCN3[C@@]3(C(=O)NC(=O)O)c4ccc(cc4)C3(C)CC(N)=O)CC(C)[C@@]2(C)C2CCCN2[C@@]2(C(=O)NC(=O)O)c3ccc(cc3)C2(C)CC(N)=O)cc1. The Morgan fingerprint density at radius 2 is 1.08 bits per heavy atom. The minimum atomic E-state index is -1.64. The van der Waals surface area contributed by atoms with Crippen molar-refractivity contribution in [3.63, 3.8) is 0 Å².